The molecule has 1 N–H and O–H groups in total. The van der Waals surface area contributed by atoms with Gasteiger partial charge in [-0.15, -0.1) is 0 Å². The van der Waals surface area contributed by atoms with Crippen LogP contribution in [0.15, 0.2) is 53.0 Å². The summed E-state index contributed by atoms with van der Waals surface area (Å²) >= 11 is 0. The third kappa shape index (κ3) is 4.73. The van der Waals surface area contributed by atoms with Gasteiger partial charge in [0.2, 0.25) is 0 Å². The second-order valence-corrected chi connectivity index (χ2v) is 5.89. The van der Waals surface area contributed by atoms with E-state index in [-0.39, 0.29) is 6.61 Å². The first-order valence-electron chi connectivity index (χ1n) is 8.82. The summed E-state index contributed by atoms with van der Waals surface area (Å²) in [6.45, 7) is 1.30. The number of furan rings is 1. The molecule has 8 heteroatoms. The molecule has 150 valence electrons. The molecule has 0 bridgehead atoms. The van der Waals surface area contributed by atoms with E-state index in [0.29, 0.717) is 17.0 Å². The molecule has 0 aliphatic carbocycles. The van der Waals surface area contributed by atoms with Crippen LogP contribution in [0.25, 0.3) is 21.9 Å². The summed E-state index contributed by atoms with van der Waals surface area (Å²) in [7, 11) is 1.49. The molecule has 1 aromatic heterocycles. The van der Waals surface area contributed by atoms with Crippen molar-refractivity contribution in [3.63, 3.8) is 0 Å². The topological polar surface area (TPSA) is 104 Å². The molecule has 0 fully saturated rings. The van der Waals surface area contributed by atoms with Crippen LogP contribution in [-0.4, -0.2) is 38.2 Å². The Balaban J connectivity index is 1.69. The zero-order chi connectivity index (χ0) is 20.8. The number of esters is 2. The van der Waals surface area contributed by atoms with Gasteiger partial charge in [0, 0.05) is 29.0 Å². The van der Waals surface area contributed by atoms with Crippen molar-refractivity contribution in [3.05, 3.63) is 48.6 Å². The Morgan fingerprint density at radius 1 is 1.00 bits per heavy atom. The van der Waals surface area contributed by atoms with Crippen LogP contribution in [-0.2, 0) is 23.9 Å². The van der Waals surface area contributed by atoms with Crippen molar-refractivity contribution < 1.29 is 33.0 Å². The summed E-state index contributed by atoms with van der Waals surface area (Å²) in [4.78, 5) is 34.9. The van der Waals surface area contributed by atoms with E-state index in [0.717, 1.165) is 28.5 Å². The van der Waals surface area contributed by atoms with Gasteiger partial charge in [-0.05, 0) is 19.1 Å². The van der Waals surface area contributed by atoms with Crippen LogP contribution in [0.3, 0.4) is 0 Å². The molecule has 0 saturated carbocycles. The standard InChI is InChI=1S/C21H19NO7/c1-3-27-20(24)8-9-21(25)28-12-19(23)22-15-11-17-14(10-18(15)26-2)13-6-4-5-7-16(13)29-17/h4-11H,3,12H2,1-2H3,(H,22,23)/b9-8+. The lowest BCUT2D eigenvalue weighted by Crippen LogP contribution is -2.20. The Labute approximate surface area is 166 Å². The average Bonchev–Trinajstić information content (AvgIpc) is 3.07. The van der Waals surface area contributed by atoms with Crippen molar-refractivity contribution in [3.8, 4) is 5.75 Å². The molecule has 1 heterocycles. The lowest BCUT2D eigenvalue weighted by molar-refractivity contribution is -0.143. The number of nitrogens with one attached hydrogen (secondary N) is 1. The van der Waals surface area contributed by atoms with Gasteiger partial charge in [0.1, 0.15) is 16.9 Å². The van der Waals surface area contributed by atoms with Crippen LogP contribution in [0.2, 0.25) is 0 Å². The second-order valence-electron chi connectivity index (χ2n) is 5.89. The molecular formula is C21H19NO7. The van der Waals surface area contributed by atoms with Gasteiger partial charge in [0.15, 0.2) is 6.61 Å². The van der Waals surface area contributed by atoms with E-state index in [2.05, 4.69) is 10.1 Å². The highest BCUT2D eigenvalue weighted by Crippen LogP contribution is 2.36. The predicted molar refractivity (Wildman–Crippen MR) is 106 cm³/mol. The molecular weight excluding hydrogens is 378 g/mol. The Hall–Kier alpha value is -3.81. The van der Waals surface area contributed by atoms with Crippen LogP contribution < -0.4 is 10.1 Å². The Morgan fingerprint density at radius 2 is 1.72 bits per heavy atom. The van der Waals surface area contributed by atoms with Crippen LogP contribution in [0.1, 0.15) is 6.92 Å². The number of fused-ring (bicyclic) bond motifs is 3. The van der Waals surface area contributed by atoms with Crippen molar-refractivity contribution in [2.75, 3.05) is 25.6 Å². The van der Waals surface area contributed by atoms with Gasteiger partial charge < -0.3 is 23.9 Å². The second kappa shape index (κ2) is 8.92. The van der Waals surface area contributed by atoms with Crippen LogP contribution in [0, 0.1) is 0 Å². The molecule has 8 nitrogen and oxygen atoms in total. The lowest BCUT2D eigenvalue weighted by atomic mass is 10.1. The smallest absolute Gasteiger partial charge is 0.331 e. The van der Waals surface area contributed by atoms with E-state index in [9.17, 15) is 14.4 Å². The Bertz CT molecular complexity index is 1100. The summed E-state index contributed by atoms with van der Waals surface area (Å²) in [6.07, 6.45) is 1.83. The maximum Gasteiger partial charge on any atom is 0.331 e. The number of benzene rings is 2. The van der Waals surface area contributed by atoms with Crippen LogP contribution in [0.4, 0.5) is 5.69 Å². The fourth-order valence-electron chi connectivity index (χ4n) is 2.72. The maximum atomic E-state index is 12.1. The highest BCUT2D eigenvalue weighted by molar-refractivity contribution is 6.08. The monoisotopic (exact) mass is 397 g/mol. The van der Waals surface area contributed by atoms with E-state index in [1.807, 2.05) is 24.3 Å². The number of ether oxygens (including phenoxy) is 3. The van der Waals surface area contributed by atoms with Crippen molar-refractivity contribution in [1.82, 2.24) is 0 Å². The van der Waals surface area contributed by atoms with Gasteiger partial charge in [0.25, 0.3) is 5.91 Å². The van der Waals surface area contributed by atoms with Gasteiger partial charge in [-0.1, -0.05) is 18.2 Å². The number of rotatable bonds is 7. The number of amides is 1. The summed E-state index contributed by atoms with van der Waals surface area (Å²) < 4.78 is 20.6. The molecule has 0 aliphatic rings. The van der Waals surface area contributed by atoms with Gasteiger partial charge in [-0.3, -0.25) is 4.79 Å². The third-order valence-electron chi connectivity index (χ3n) is 3.96. The maximum absolute atomic E-state index is 12.1. The van der Waals surface area contributed by atoms with Gasteiger partial charge in [-0.2, -0.15) is 0 Å². The molecule has 0 saturated heterocycles. The van der Waals surface area contributed by atoms with Crippen LogP contribution >= 0.6 is 0 Å². The number of carbonyl (C=O) groups excluding carboxylic acids is 3. The lowest BCUT2D eigenvalue weighted by Gasteiger charge is -2.10. The fourth-order valence-corrected chi connectivity index (χ4v) is 2.72. The van der Waals surface area contributed by atoms with E-state index in [1.54, 1.807) is 19.1 Å². The third-order valence-corrected chi connectivity index (χ3v) is 3.96. The van der Waals surface area contributed by atoms with Crippen molar-refractivity contribution in [2.24, 2.45) is 0 Å². The fraction of sp³-hybridized carbons (Fsp3) is 0.190. The van der Waals surface area contributed by atoms with E-state index in [4.69, 9.17) is 13.9 Å². The van der Waals surface area contributed by atoms with Gasteiger partial charge in [0.05, 0.1) is 19.4 Å². The molecule has 2 aromatic carbocycles. The molecule has 0 atom stereocenters. The minimum Gasteiger partial charge on any atom is -0.495 e. The number of para-hydroxylation sites is 1. The zero-order valence-corrected chi connectivity index (χ0v) is 15.9. The molecule has 0 aliphatic heterocycles. The molecule has 29 heavy (non-hydrogen) atoms. The Morgan fingerprint density at radius 3 is 2.45 bits per heavy atom. The molecule has 0 unspecified atom stereocenters. The van der Waals surface area contributed by atoms with E-state index >= 15 is 0 Å². The van der Waals surface area contributed by atoms with Crippen molar-refractivity contribution in [2.45, 2.75) is 6.92 Å². The molecule has 1 amide bonds. The largest absolute Gasteiger partial charge is 0.495 e. The minimum atomic E-state index is -0.840. The van der Waals surface area contributed by atoms with Gasteiger partial charge in [-0.25, -0.2) is 9.59 Å². The number of anilines is 1. The minimum absolute atomic E-state index is 0.192. The zero-order valence-electron chi connectivity index (χ0n) is 15.9. The number of methoxy groups -OCH3 is 1. The molecule has 3 aromatic rings. The van der Waals surface area contributed by atoms with Crippen molar-refractivity contribution >= 4 is 45.5 Å². The number of hydrogen-bond acceptors (Lipinski definition) is 7. The summed E-state index contributed by atoms with van der Waals surface area (Å²) in [5, 5.41) is 4.41. The first-order chi connectivity index (χ1) is 14.0. The predicted octanol–water partition coefficient (Wildman–Crippen LogP) is 3.20. The van der Waals surface area contributed by atoms with Crippen LogP contribution in [0.5, 0.6) is 5.75 Å². The van der Waals surface area contributed by atoms with Gasteiger partial charge >= 0.3 is 11.9 Å². The summed E-state index contributed by atoms with van der Waals surface area (Å²) in [5.74, 6) is -1.65. The molecule has 0 radical (unpaired) electrons. The summed E-state index contributed by atoms with van der Waals surface area (Å²) in [5.41, 5.74) is 1.68. The summed E-state index contributed by atoms with van der Waals surface area (Å²) in [6, 6.07) is 11.0. The molecule has 3 rings (SSSR count). The first kappa shape index (κ1) is 19.9. The molecule has 0 spiro atoms. The normalized spacial score (nSPS) is 11.0. The quantitative estimate of drug-likeness (QED) is 0.482. The number of carbonyl (C=O) groups is 3. The number of hydrogen-bond donors (Lipinski definition) is 1. The SMILES string of the molecule is CCOC(=O)/C=C/C(=O)OCC(=O)Nc1cc2oc3ccccc3c2cc1OC. The van der Waals surface area contributed by atoms with Crippen molar-refractivity contribution in [1.29, 1.82) is 0 Å². The highest BCUT2D eigenvalue weighted by atomic mass is 16.5. The Kier molecular flexibility index (Phi) is 6.13. The van der Waals surface area contributed by atoms with E-state index in [1.165, 1.54) is 7.11 Å². The average molecular weight is 397 g/mol. The van der Waals surface area contributed by atoms with E-state index < -0.39 is 24.5 Å². The first-order valence-corrected chi connectivity index (χ1v) is 8.82. The highest BCUT2D eigenvalue weighted by Gasteiger charge is 2.14.